The number of ether oxygens (including phenoxy) is 1. The predicted octanol–water partition coefficient (Wildman–Crippen LogP) is 2.83. The molecule has 0 aromatic heterocycles. The van der Waals surface area contributed by atoms with Crippen molar-refractivity contribution in [3.8, 4) is 0 Å². The fourth-order valence-corrected chi connectivity index (χ4v) is 1.45. The van der Waals surface area contributed by atoms with Crippen LogP contribution in [0.1, 0.15) is 50.0 Å². The van der Waals surface area contributed by atoms with Gasteiger partial charge in [-0.1, -0.05) is 33.4 Å². The summed E-state index contributed by atoms with van der Waals surface area (Å²) in [6, 6.07) is 5.50. The maximum absolute atomic E-state index is 11.3. The molecule has 0 amide bonds. The summed E-state index contributed by atoms with van der Waals surface area (Å²) in [7, 11) is 0. The van der Waals surface area contributed by atoms with Crippen molar-refractivity contribution in [3.05, 3.63) is 41.6 Å². The number of aldehydes is 1. The average Bonchev–Trinajstić information content (AvgIpc) is 2.98. The smallest absolute Gasteiger partial charge is 0.338 e. The number of nitrogens with two attached hydrogens (primary N) is 2. The number of carbonyl (C=O) groups is 2. The first-order valence-corrected chi connectivity index (χ1v) is 8.08. The standard InChI is InChI=1S/C11H12N2O2.C3H9N.C2H4O.C2H6/c1-7(5-12)13-9-3-2-8-6-15-11(14)10(8)4-9;1-2-3-4;1-2-3;1-2/h2-4,13H,1,5-6,12H2;2-4H2,1H3;2H,1H3;1-2H3. The lowest BCUT2D eigenvalue weighted by molar-refractivity contribution is -0.106. The van der Waals surface area contributed by atoms with E-state index in [1.54, 1.807) is 6.07 Å². The summed E-state index contributed by atoms with van der Waals surface area (Å²) in [5.74, 6) is -0.271. The van der Waals surface area contributed by atoms with Gasteiger partial charge in [0.05, 0.1) is 5.56 Å². The lowest BCUT2D eigenvalue weighted by atomic mass is 10.1. The van der Waals surface area contributed by atoms with Gasteiger partial charge in [-0.25, -0.2) is 4.79 Å². The van der Waals surface area contributed by atoms with Gasteiger partial charge >= 0.3 is 5.97 Å². The van der Waals surface area contributed by atoms with Gasteiger partial charge < -0.3 is 26.3 Å². The van der Waals surface area contributed by atoms with Crippen LogP contribution in [-0.4, -0.2) is 25.3 Å². The Hall–Kier alpha value is -2.18. The fourth-order valence-electron chi connectivity index (χ4n) is 1.45. The Balaban J connectivity index is 0. The summed E-state index contributed by atoms with van der Waals surface area (Å²) in [6.45, 7) is 12.8. The number of cyclic esters (lactones) is 1. The number of nitrogens with one attached hydrogen (secondary N) is 1. The molecule has 0 saturated carbocycles. The van der Waals surface area contributed by atoms with Gasteiger partial charge in [-0.15, -0.1) is 0 Å². The zero-order valence-corrected chi connectivity index (χ0v) is 15.2. The quantitative estimate of drug-likeness (QED) is 0.576. The van der Waals surface area contributed by atoms with Gasteiger partial charge in [0.2, 0.25) is 0 Å². The van der Waals surface area contributed by atoms with Gasteiger partial charge in [0, 0.05) is 23.5 Å². The zero-order valence-electron chi connectivity index (χ0n) is 15.2. The Labute approximate surface area is 145 Å². The molecule has 136 valence electrons. The molecule has 1 aromatic carbocycles. The molecule has 0 bridgehead atoms. The number of anilines is 1. The van der Waals surface area contributed by atoms with E-state index in [2.05, 4.69) is 18.8 Å². The van der Waals surface area contributed by atoms with E-state index in [4.69, 9.17) is 21.0 Å². The molecule has 0 radical (unpaired) electrons. The second-order valence-electron chi connectivity index (χ2n) is 4.41. The third kappa shape index (κ3) is 9.76. The van der Waals surface area contributed by atoms with Crippen LogP contribution < -0.4 is 16.8 Å². The van der Waals surface area contributed by atoms with Crippen LogP contribution >= 0.6 is 0 Å². The third-order valence-electron chi connectivity index (χ3n) is 2.54. The van der Waals surface area contributed by atoms with Gasteiger partial charge in [0.1, 0.15) is 12.9 Å². The number of hydrogen-bond acceptors (Lipinski definition) is 6. The lowest BCUT2D eigenvalue weighted by Crippen LogP contribution is -2.10. The van der Waals surface area contributed by atoms with E-state index in [-0.39, 0.29) is 5.97 Å². The summed E-state index contributed by atoms with van der Waals surface area (Å²) in [4.78, 5) is 20.1. The minimum absolute atomic E-state index is 0.271. The molecular formula is C18H31N3O3. The molecule has 1 aromatic rings. The van der Waals surface area contributed by atoms with E-state index < -0.39 is 0 Å². The Morgan fingerprint density at radius 3 is 2.38 bits per heavy atom. The highest BCUT2D eigenvalue weighted by Crippen LogP contribution is 2.23. The van der Waals surface area contributed by atoms with E-state index in [1.165, 1.54) is 6.92 Å². The van der Waals surface area contributed by atoms with Crippen LogP contribution in [0, 0.1) is 0 Å². The zero-order chi connectivity index (χ0) is 19.0. The first-order chi connectivity index (χ1) is 11.5. The minimum Gasteiger partial charge on any atom is -0.457 e. The van der Waals surface area contributed by atoms with Crippen LogP contribution in [0.25, 0.3) is 0 Å². The maximum Gasteiger partial charge on any atom is 0.338 e. The molecule has 6 nitrogen and oxygen atoms in total. The highest BCUT2D eigenvalue weighted by molar-refractivity contribution is 5.94. The Bertz CT molecular complexity index is 500. The van der Waals surface area contributed by atoms with Crippen molar-refractivity contribution >= 4 is 17.9 Å². The SMILES string of the molecule is C=C(CN)Nc1ccc2c(c1)C(=O)OC2.CC.CC=O.CCCN. The van der Waals surface area contributed by atoms with Gasteiger partial charge in [-0.3, -0.25) is 0 Å². The number of carbonyl (C=O) groups excluding carboxylic acids is 2. The highest BCUT2D eigenvalue weighted by atomic mass is 16.5. The molecule has 0 saturated heterocycles. The normalized spacial score (nSPS) is 10.3. The summed E-state index contributed by atoms with van der Waals surface area (Å²) in [6.07, 6.45) is 1.85. The molecule has 24 heavy (non-hydrogen) atoms. The Morgan fingerprint density at radius 2 is 1.92 bits per heavy atom. The topological polar surface area (TPSA) is 107 Å². The van der Waals surface area contributed by atoms with E-state index in [0.717, 1.165) is 30.5 Å². The monoisotopic (exact) mass is 337 g/mol. The molecule has 1 heterocycles. The van der Waals surface area contributed by atoms with Crippen LogP contribution in [0.2, 0.25) is 0 Å². The van der Waals surface area contributed by atoms with E-state index in [0.29, 0.717) is 24.4 Å². The summed E-state index contributed by atoms with van der Waals surface area (Å²) in [5.41, 5.74) is 13.5. The van der Waals surface area contributed by atoms with E-state index >= 15 is 0 Å². The molecule has 5 N–H and O–H groups in total. The Kier molecular flexibility index (Phi) is 15.8. The molecule has 0 unspecified atom stereocenters. The number of rotatable bonds is 4. The number of hydrogen-bond donors (Lipinski definition) is 3. The summed E-state index contributed by atoms with van der Waals surface area (Å²) < 4.78 is 4.90. The van der Waals surface area contributed by atoms with Crippen molar-refractivity contribution in [1.82, 2.24) is 0 Å². The van der Waals surface area contributed by atoms with Crippen LogP contribution in [-0.2, 0) is 16.1 Å². The summed E-state index contributed by atoms with van der Waals surface area (Å²) >= 11 is 0. The van der Waals surface area contributed by atoms with Crippen molar-refractivity contribution in [1.29, 1.82) is 0 Å². The molecule has 0 fully saturated rings. The van der Waals surface area contributed by atoms with Crippen molar-refractivity contribution in [2.75, 3.05) is 18.4 Å². The van der Waals surface area contributed by atoms with Crippen LogP contribution in [0.5, 0.6) is 0 Å². The molecule has 0 spiro atoms. The maximum atomic E-state index is 11.3. The fraction of sp³-hybridized carbons (Fsp3) is 0.444. The van der Waals surface area contributed by atoms with Crippen LogP contribution in [0.3, 0.4) is 0 Å². The van der Waals surface area contributed by atoms with Gasteiger partial charge in [-0.2, -0.15) is 0 Å². The third-order valence-corrected chi connectivity index (χ3v) is 2.54. The molecule has 1 aliphatic heterocycles. The Morgan fingerprint density at radius 1 is 1.38 bits per heavy atom. The molecule has 2 rings (SSSR count). The second-order valence-corrected chi connectivity index (χ2v) is 4.41. The van der Waals surface area contributed by atoms with E-state index in [9.17, 15) is 4.79 Å². The minimum atomic E-state index is -0.271. The van der Waals surface area contributed by atoms with Gasteiger partial charge in [0.15, 0.2) is 0 Å². The van der Waals surface area contributed by atoms with Crippen molar-refractivity contribution < 1.29 is 14.3 Å². The first kappa shape index (κ1) is 24.1. The van der Waals surface area contributed by atoms with Crippen molar-refractivity contribution in [2.24, 2.45) is 11.5 Å². The van der Waals surface area contributed by atoms with Gasteiger partial charge in [0.25, 0.3) is 0 Å². The molecule has 0 aliphatic carbocycles. The molecular weight excluding hydrogens is 306 g/mol. The largest absolute Gasteiger partial charge is 0.457 e. The second kappa shape index (κ2) is 15.7. The summed E-state index contributed by atoms with van der Waals surface area (Å²) in [5, 5.41) is 3.01. The van der Waals surface area contributed by atoms with Crippen LogP contribution in [0.4, 0.5) is 5.69 Å². The number of fused-ring (bicyclic) bond motifs is 1. The predicted molar refractivity (Wildman–Crippen MR) is 99.8 cm³/mol. The highest BCUT2D eigenvalue weighted by Gasteiger charge is 2.20. The van der Waals surface area contributed by atoms with E-state index in [1.807, 2.05) is 26.0 Å². The average molecular weight is 337 g/mol. The van der Waals surface area contributed by atoms with Crippen molar-refractivity contribution in [3.63, 3.8) is 0 Å². The first-order valence-electron chi connectivity index (χ1n) is 8.08. The molecule has 6 heteroatoms. The van der Waals surface area contributed by atoms with Crippen molar-refractivity contribution in [2.45, 2.75) is 40.7 Å². The van der Waals surface area contributed by atoms with Gasteiger partial charge in [-0.05, 0) is 32.0 Å². The number of benzene rings is 1. The number of esters is 1. The lowest BCUT2D eigenvalue weighted by Gasteiger charge is -2.07. The van der Waals surface area contributed by atoms with Crippen LogP contribution in [0.15, 0.2) is 30.5 Å². The molecule has 0 atom stereocenters. The molecule has 1 aliphatic rings.